The molecule has 0 spiro atoms. The molecule has 60 heavy (non-hydrogen) atoms. The lowest BCUT2D eigenvalue weighted by Crippen LogP contribution is -2.50. The summed E-state index contributed by atoms with van der Waals surface area (Å²) in [5.41, 5.74) is 7.75. The lowest BCUT2D eigenvalue weighted by atomic mass is 10.0. The number of carbonyl (C=O) groups excluding carboxylic acids is 5. The molecule has 23 nitrogen and oxygen atoms in total. The summed E-state index contributed by atoms with van der Waals surface area (Å²) < 4.78 is 16.8. The van der Waals surface area contributed by atoms with Crippen LogP contribution < -0.4 is 43.5 Å². The number of carbonyl (C=O) groups is 5. The molecule has 0 aliphatic carbocycles. The Kier molecular flexibility index (Phi) is 23.9. The number of ketones is 2. The van der Waals surface area contributed by atoms with Gasteiger partial charge < -0.3 is 46.9 Å². The number of nitrogens with one attached hydrogen (secondary N) is 7. The molecule has 0 aliphatic rings. The van der Waals surface area contributed by atoms with Crippen molar-refractivity contribution in [2.75, 3.05) is 70.4 Å². The first-order chi connectivity index (χ1) is 29.2. The number of H-pyrrole nitrogens is 3. The van der Waals surface area contributed by atoms with Gasteiger partial charge in [-0.1, -0.05) is 4.99 Å². The highest BCUT2D eigenvalue weighted by Gasteiger charge is 2.23. The lowest BCUT2D eigenvalue weighted by molar-refractivity contribution is -0.368. The summed E-state index contributed by atoms with van der Waals surface area (Å²) in [4.78, 5) is 72.3. The highest BCUT2D eigenvalue weighted by Crippen LogP contribution is 2.14. The predicted molar refractivity (Wildman–Crippen MR) is 215 cm³/mol. The van der Waals surface area contributed by atoms with Crippen LogP contribution in [0.15, 0.2) is 18.2 Å². The molecule has 3 aromatic rings. The van der Waals surface area contributed by atoms with E-state index in [1.165, 1.54) is 18.2 Å². The van der Waals surface area contributed by atoms with Crippen LogP contribution in [0.25, 0.3) is 0 Å². The number of Topliss-reactive ketones (excluding diaryl/α,β-unsaturated/α-hetero) is 2. The number of amides is 3. The van der Waals surface area contributed by atoms with Gasteiger partial charge in [-0.3, -0.25) is 44.2 Å². The third-order valence-corrected chi connectivity index (χ3v) is 9.15. The molecule has 3 rings (SSSR count). The SMILES string of the molecule is CN[C@@H](CCCC[NH3+])C(=O)CCCCOCCOCCOCCCCC(=O)[C@H](CCCC[NH3+])NC(=O)c1cc(NC(=O)c2cc(NC(=O)c3cc(OON)n[nH]3)n[nH]2)n[nH]1. The van der Waals surface area contributed by atoms with Gasteiger partial charge in [-0.15, -0.1) is 5.10 Å². The summed E-state index contributed by atoms with van der Waals surface area (Å²) in [5.74, 6) is 3.14. The number of hydrogen-bond donors (Lipinski definition) is 10. The molecule has 0 bridgehead atoms. The van der Waals surface area contributed by atoms with E-state index < -0.39 is 23.8 Å². The molecular weight excluding hydrogens is 786 g/mol. The Bertz CT molecular complexity index is 1720. The maximum atomic E-state index is 13.2. The molecule has 3 amide bonds. The number of ether oxygens (including phenoxy) is 3. The molecule has 0 aliphatic heterocycles. The van der Waals surface area contributed by atoms with Gasteiger partial charge in [0, 0.05) is 44.3 Å². The van der Waals surface area contributed by atoms with Crippen LogP contribution >= 0.6 is 0 Å². The maximum absolute atomic E-state index is 13.2. The Morgan fingerprint density at radius 3 is 1.60 bits per heavy atom. The van der Waals surface area contributed by atoms with E-state index in [0.717, 1.165) is 45.1 Å². The minimum Gasteiger partial charge on any atom is -0.379 e. The second-order valence-corrected chi connectivity index (χ2v) is 13.8. The highest BCUT2D eigenvalue weighted by molar-refractivity contribution is 6.06. The number of anilines is 2. The van der Waals surface area contributed by atoms with Crippen LogP contribution in [0.5, 0.6) is 5.88 Å². The number of nitrogens with two attached hydrogens (primary N) is 1. The second kappa shape index (κ2) is 29.1. The lowest BCUT2D eigenvalue weighted by Gasteiger charge is -2.17. The number of aromatic amines is 3. The summed E-state index contributed by atoms with van der Waals surface area (Å²) >= 11 is 0. The maximum Gasteiger partial charge on any atom is 0.277 e. The Balaban J connectivity index is 1.28. The summed E-state index contributed by atoms with van der Waals surface area (Å²) in [6.45, 7) is 4.44. The highest BCUT2D eigenvalue weighted by atomic mass is 17.3. The van der Waals surface area contributed by atoms with Crippen molar-refractivity contribution in [3.05, 3.63) is 35.3 Å². The fourth-order valence-corrected chi connectivity index (χ4v) is 5.85. The largest absolute Gasteiger partial charge is 0.379 e. The first-order valence-corrected chi connectivity index (χ1v) is 20.4. The van der Waals surface area contributed by atoms with Crippen molar-refractivity contribution in [1.29, 1.82) is 0 Å². The van der Waals surface area contributed by atoms with Crippen LogP contribution in [-0.4, -0.2) is 132 Å². The van der Waals surface area contributed by atoms with Gasteiger partial charge in [-0.25, -0.2) is 0 Å². The average Bonchev–Trinajstić information content (AvgIpc) is 4.03. The second-order valence-electron chi connectivity index (χ2n) is 13.8. The standard InChI is InChI=1S/C37H61N13O10/c1-41-25(10-2-6-14-38)30(51)12-4-8-16-56-18-20-58-21-19-57-17-9-5-13-31(52)26(11-3-7-15-39)42-35(53)27-22-32(48-45-27)43-36(54)28-23-33(49-46-28)44-37(55)29-24-34(50-47-29)59-60-40/h22-26,41H,2-21,38-40H2,1H3,(H,42,53)(H,47,50)(H2,43,45,48,54)(H2,44,46,49,55)/p+2/t25-,26-/m0/s1. The normalized spacial score (nSPS) is 12.2. The average molecular weight is 850 g/mol. The zero-order chi connectivity index (χ0) is 43.4. The van der Waals surface area contributed by atoms with Crippen molar-refractivity contribution in [1.82, 2.24) is 41.2 Å². The monoisotopic (exact) mass is 849 g/mol. The molecule has 334 valence electrons. The van der Waals surface area contributed by atoms with Gasteiger partial charge in [0.2, 0.25) is 0 Å². The number of rotatable bonds is 35. The van der Waals surface area contributed by atoms with E-state index in [0.29, 0.717) is 78.3 Å². The molecule has 0 fully saturated rings. The quantitative estimate of drug-likeness (QED) is 0.0204. The molecule has 3 heterocycles. The van der Waals surface area contributed by atoms with Gasteiger partial charge in [0.05, 0.1) is 51.6 Å². The van der Waals surface area contributed by atoms with Crippen molar-refractivity contribution in [3.63, 3.8) is 0 Å². The van der Waals surface area contributed by atoms with E-state index in [9.17, 15) is 24.0 Å². The van der Waals surface area contributed by atoms with Crippen LogP contribution in [0.4, 0.5) is 11.6 Å². The fourth-order valence-electron chi connectivity index (χ4n) is 5.85. The number of nitrogens with zero attached hydrogens (tertiary/aromatic N) is 3. The molecule has 0 aromatic carbocycles. The molecule has 0 saturated carbocycles. The Hall–Kier alpha value is -5.14. The van der Waals surface area contributed by atoms with Crippen molar-refractivity contribution in [3.8, 4) is 5.88 Å². The fraction of sp³-hybridized carbons (Fsp3) is 0.622. The van der Waals surface area contributed by atoms with E-state index in [2.05, 4.69) is 73.2 Å². The van der Waals surface area contributed by atoms with E-state index >= 15 is 0 Å². The number of quaternary nitrogens is 2. The van der Waals surface area contributed by atoms with E-state index in [4.69, 9.17) is 20.1 Å². The zero-order valence-electron chi connectivity index (χ0n) is 34.4. The third kappa shape index (κ3) is 18.8. The van der Waals surface area contributed by atoms with Gasteiger partial charge in [-0.2, -0.15) is 16.1 Å². The first-order valence-electron chi connectivity index (χ1n) is 20.4. The number of likely N-dealkylation sites (N-methyl/N-ethyl adjacent to an activating group) is 1. The summed E-state index contributed by atoms with van der Waals surface area (Å²) in [7, 11) is 1.83. The first kappa shape index (κ1) is 49.2. The van der Waals surface area contributed by atoms with Crippen LogP contribution in [0.3, 0.4) is 0 Å². The van der Waals surface area contributed by atoms with Crippen molar-refractivity contribution < 1.29 is 59.5 Å². The summed E-state index contributed by atoms with van der Waals surface area (Å²) in [6, 6.07) is 3.07. The predicted octanol–water partition coefficient (Wildman–Crippen LogP) is -0.416. The molecule has 0 radical (unpaired) electrons. The van der Waals surface area contributed by atoms with Gasteiger partial charge in [0.15, 0.2) is 17.4 Å². The Morgan fingerprint density at radius 2 is 1.08 bits per heavy atom. The Labute approximate surface area is 347 Å². The summed E-state index contributed by atoms with van der Waals surface area (Å²) in [5, 5.41) is 30.0. The molecule has 2 atom stereocenters. The topological polar surface area (TPSA) is 347 Å². The van der Waals surface area contributed by atoms with Crippen molar-refractivity contribution in [2.24, 2.45) is 5.90 Å². The zero-order valence-corrected chi connectivity index (χ0v) is 34.4. The molecular formula is C37H63N13O10+2. The number of hydrogen-bond acceptors (Lipinski definition) is 15. The number of aromatic nitrogens is 6. The van der Waals surface area contributed by atoms with Gasteiger partial charge >= 0.3 is 0 Å². The van der Waals surface area contributed by atoms with Crippen molar-refractivity contribution >= 4 is 40.9 Å². The van der Waals surface area contributed by atoms with E-state index in [1.807, 2.05) is 7.05 Å². The minimum absolute atomic E-state index is 0.00958. The Morgan fingerprint density at radius 1 is 0.617 bits per heavy atom. The van der Waals surface area contributed by atoms with Crippen molar-refractivity contribution in [2.45, 2.75) is 89.1 Å². The molecule has 0 unspecified atom stereocenters. The smallest absolute Gasteiger partial charge is 0.277 e. The molecule has 3 aromatic heterocycles. The minimum atomic E-state index is -0.706. The third-order valence-electron chi connectivity index (χ3n) is 9.15. The number of unbranched alkanes of at least 4 members (excludes halogenated alkanes) is 4. The molecule has 15 N–H and O–H groups in total. The van der Waals surface area contributed by atoms with E-state index in [-0.39, 0.29) is 58.6 Å². The van der Waals surface area contributed by atoms with Crippen LogP contribution in [-0.2, 0) is 28.8 Å². The van der Waals surface area contributed by atoms with Crippen LogP contribution in [0, 0.1) is 0 Å². The molecule has 0 saturated heterocycles. The summed E-state index contributed by atoms with van der Waals surface area (Å²) in [6.07, 6.45) is 8.59. The van der Waals surface area contributed by atoms with Crippen LogP contribution in [0.2, 0.25) is 0 Å². The van der Waals surface area contributed by atoms with E-state index in [1.54, 1.807) is 0 Å². The van der Waals surface area contributed by atoms with Crippen LogP contribution in [0.1, 0.15) is 109 Å². The molecule has 23 heteroatoms. The van der Waals surface area contributed by atoms with Gasteiger partial charge in [0.1, 0.15) is 22.9 Å². The van der Waals surface area contributed by atoms with Gasteiger partial charge in [0.25, 0.3) is 23.6 Å². The van der Waals surface area contributed by atoms with Gasteiger partial charge in [-0.05, 0) is 71.3 Å².